The second-order valence-corrected chi connectivity index (χ2v) is 7.44. The van der Waals surface area contributed by atoms with Crippen molar-refractivity contribution in [3.63, 3.8) is 0 Å². The van der Waals surface area contributed by atoms with Crippen molar-refractivity contribution in [3.8, 4) is 0 Å². The molecule has 1 heterocycles. The Balaban J connectivity index is 2.34. The van der Waals surface area contributed by atoms with Crippen LogP contribution < -0.4 is 0 Å². The Bertz CT molecular complexity index is 596. The van der Waals surface area contributed by atoms with Gasteiger partial charge in [0.1, 0.15) is 0 Å². The molecule has 5 heteroatoms. The molecule has 0 spiro atoms. The Kier molecular flexibility index (Phi) is 4.80. The summed E-state index contributed by atoms with van der Waals surface area (Å²) >= 11 is 1.67. The van der Waals surface area contributed by atoms with Gasteiger partial charge >= 0.3 is 7.60 Å². The molecule has 0 saturated carbocycles. The molecule has 0 saturated heterocycles. The van der Waals surface area contributed by atoms with E-state index in [1.807, 2.05) is 26.0 Å². The van der Waals surface area contributed by atoms with E-state index >= 15 is 0 Å². The van der Waals surface area contributed by atoms with Gasteiger partial charge in [0.25, 0.3) is 0 Å². The molecule has 2 rings (SSSR count). The third-order valence-electron chi connectivity index (χ3n) is 2.93. The van der Waals surface area contributed by atoms with Gasteiger partial charge in [0.05, 0.1) is 19.4 Å². The molecule has 3 nitrogen and oxygen atoms in total. The predicted octanol–water partition coefficient (Wildman–Crippen LogP) is 4.98. The van der Waals surface area contributed by atoms with Crippen molar-refractivity contribution in [1.82, 2.24) is 0 Å². The van der Waals surface area contributed by atoms with Crippen molar-refractivity contribution in [3.05, 3.63) is 34.7 Å². The summed E-state index contributed by atoms with van der Waals surface area (Å²) in [5, 5.41) is 1.22. The molecule has 0 bridgehead atoms. The first-order valence-electron chi connectivity index (χ1n) is 6.44. The molecule has 0 unspecified atom stereocenters. The predicted molar refractivity (Wildman–Crippen MR) is 81.1 cm³/mol. The summed E-state index contributed by atoms with van der Waals surface area (Å²) in [5.74, 6) is 0. The smallest absolute Gasteiger partial charge is 0.309 e. The molecule has 0 N–H and O–H groups in total. The van der Waals surface area contributed by atoms with Crippen LogP contribution >= 0.6 is 18.9 Å². The largest absolute Gasteiger partial charge is 0.335 e. The quantitative estimate of drug-likeness (QED) is 0.706. The molecule has 19 heavy (non-hydrogen) atoms. The molecule has 1 aromatic carbocycles. The lowest BCUT2D eigenvalue weighted by molar-refractivity contribution is 0.219. The van der Waals surface area contributed by atoms with Crippen molar-refractivity contribution in [1.29, 1.82) is 0 Å². The van der Waals surface area contributed by atoms with E-state index in [1.54, 1.807) is 11.3 Å². The Labute approximate surface area is 118 Å². The maximum Gasteiger partial charge on any atom is 0.335 e. The van der Waals surface area contributed by atoms with Crippen LogP contribution in [0.4, 0.5) is 0 Å². The van der Waals surface area contributed by atoms with E-state index in [4.69, 9.17) is 9.05 Å². The van der Waals surface area contributed by atoms with Crippen molar-refractivity contribution in [2.75, 3.05) is 13.2 Å². The number of fused-ring (bicyclic) bond motifs is 1. The summed E-state index contributed by atoms with van der Waals surface area (Å²) in [6, 6.07) is 8.23. The average molecular weight is 298 g/mol. The van der Waals surface area contributed by atoms with Gasteiger partial charge in [0, 0.05) is 9.58 Å². The summed E-state index contributed by atoms with van der Waals surface area (Å²) in [7, 11) is -3.01. The zero-order valence-electron chi connectivity index (χ0n) is 11.5. The molecule has 2 aromatic rings. The van der Waals surface area contributed by atoms with Crippen molar-refractivity contribution < 1.29 is 13.6 Å². The molecule has 0 radical (unpaired) electrons. The van der Waals surface area contributed by atoms with E-state index in [9.17, 15) is 4.57 Å². The standard InChI is InChI=1S/C14H19O3PS/c1-4-16-18(15,17-5-2)10-14-11(3)12-8-6-7-9-13(12)19-14/h6-9H,4-5,10H2,1-3H3. The van der Waals surface area contributed by atoms with E-state index in [2.05, 4.69) is 19.1 Å². The molecule has 1 aromatic heterocycles. The average Bonchev–Trinajstić information content (AvgIpc) is 2.67. The molecule has 0 aliphatic carbocycles. The van der Waals surface area contributed by atoms with Gasteiger partial charge in [-0.3, -0.25) is 4.57 Å². The van der Waals surface area contributed by atoms with Gasteiger partial charge in [-0.1, -0.05) is 18.2 Å². The first-order valence-corrected chi connectivity index (χ1v) is 8.99. The van der Waals surface area contributed by atoms with Crippen LogP contribution in [0.1, 0.15) is 24.3 Å². The molecule has 0 aliphatic heterocycles. The number of rotatable bonds is 6. The summed E-state index contributed by atoms with van der Waals surface area (Å²) in [6.45, 7) is 6.55. The van der Waals surface area contributed by atoms with Gasteiger partial charge in [0.2, 0.25) is 0 Å². The fourth-order valence-electron chi connectivity index (χ4n) is 2.07. The van der Waals surface area contributed by atoms with Crippen molar-refractivity contribution in [2.24, 2.45) is 0 Å². The zero-order valence-corrected chi connectivity index (χ0v) is 13.2. The van der Waals surface area contributed by atoms with Crippen LogP contribution in [0.25, 0.3) is 10.1 Å². The Morgan fingerprint density at radius 3 is 2.37 bits per heavy atom. The molecule has 104 valence electrons. The molecule has 0 atom stereocenters. The maximum absolute atomic E-state index is 12.6. The van der Waals surface area contributed by atoms with Crippen molar-refractivity contribution in [2.45, 2.75) is 26.9 Å². The third kappa shape index (κ3) is 3.26. The maximum atomic E-state index is 12.6. The minimum Gasteiger partial charge on any atom is -0.309 e. The van der Waals surface area contributed by atoms with Crippen LogP contribution in [0.3, 0.4) is 0 Å². The van der Waals surface area contributed by atoms with E-state index in [1.165, 1.54) is 15.6 Å². The highest BCUT2D eigenvalue weighted by Gasteiger charge is 2.26. The summed E-state index contributed by atoms with van der Waals surface area (Å²) < 4.78 is 24.5. The highest BCUT2D eigenvalue weighted by atomic mass is 32.1. The van der Waals surface area contributed by atoms with Crippen LogP contribution in [0, 0.1) is 6.92 Å². The minimum atomic E-state index is -3.01. The highest BCUT2D eigenvalue weighted by Crippen LogP contribution is 2.53. The number of hydrogen-bond acceptors (Lipinski definition) is 4. The lowest BCUT2D eigenvalue weighted by Gasteiger charge is -2.16. The van der Waals surface area contributed by atoms with Gasteiger partial charge < -0.3 is 9.05 Å². The van der Waals surface area contributed by atoms with E-state index in [-0.39, 0.29) is 0 Å². The molecule has 0 fully saturated rings. The van der Waals surface area contributed by atoms with Crippen LogP contribution in [0.15, 0.2) is 24.3 Å². The first kappa shape index (κ1) is 14.7. The second kappa shape index (κ2) is 6.19. The molecule has 0 amide bonds. The molecular weight excluding hydrogens is 279 g/mol. The minimum absolute atomic E-state index is 0.361. The van der Waals surface area contributed by atoms with Crippen LogP contribution in [0.5, 0.6) is 0 Å². The van der Waals surface area contributed by atoms with Crippen LogP contribution in [0.2, 0.25) is 0 Å². The lowest BCUT2D eigenvalue weighted by atomic mass is 10.2. The van der Waals surface area contributed by atoms with Gasteiger partial charge in [-0.15, -0.1) is 11.3 Å². The van der Waals surface area contributed by atoms with Gasteiger partial charge in [-0.25, -0.2) is 0 Å². The van der Waals surface area contributed by atoms with Crippen molar-refractivity contribution >= 4 is 29.0 Å². The van der Waals surface area contributed by atoms with E-state index in [0.29, 0.717) is 19.4 Å². The number of hydrogen-bond donors (Lipinski definition) is 0. The fraction of sp³-hybridized carbons (Fsp3) is 0.429. The van der Waals surface area contributed by atoms with E-state index in [0.717, 1.165) is 4.88 Å². The monoisotopic (exact) mass is 298 g/mol. The summed E-state index contributed by atoms with van der Waals surface area (Å²) in [5.41, 5.74) is 1.18. The summed E-state index contributed by atoms with van der Waals surface area (Å²) in [4.78, 5) is 1.09. The first-order chi connectivity index (χ1) is 9.09. The Morgan fingerprint density at radius 2 is 1.79 bits per heavy atom. The van der Waals surface area contributed by atoms with Gasteiger partial charge in [-0.05, 0) is 37.8 Å². The normalized spacial score (nSPS) is 12.2. The fourth-order valence-corrected chi connectivity index (χ4v) is 5.45. The molecule has 0 aliphatic rings. The van der Waals surface area contributed by atoms with E-state index < -0.39 is 7.60 Å². The van der Waals surface area contributed by atoms with Crippen LogP contribution in [-0.4, -0.2) is 13.2 Å². The SMILES string of the molecule is CCOP(=O)(Cc1sc2ccccc2c1C)OCC. The Hall–Kier alpha value is -0.670. The summed E-state index contributed by atoms with van der Waals surface area (Å²) in [6.07, 6.45) is 0.361. The van der Waals surface area contributed by atoms with Gasteiger partial charge in [-0.2, -0.15) is 0 Å². The van der Waals surface area contributed by atoms with Gasteiger partial charge in [0.15, 0.2) is 0 Å². The number of aryl methyl sites for hydroxylation is 1. The third-order valence-corrected chi connectivity index (χ3v) is 6.42. The highest BCUT2D eigenvalue weighted by molar-refractivity contribution is 7.53. The molecular formula is C14H19O3PS. The number of thiophene rings is 1. The lowest BCUT2D eigenvalue weighted by Crippen LogP contribution is -1.98. The Morgan fingerprint density at radius 1 is 1.16 bits per heavy atom. The number of benzene rings is 1. The zero-order chi connectivity index (χ0) is 13.9. The topological polar surface area (TPSA) is 35.5 Å². The second-order valence-electron chi connectivity index (χ2n) is 4.25. The van der Waals surface area contributed by atoms with Crippen LogP contribution in [-0.2, 0) is 19.8 Å².